The largest absolute Gasteiger partial charge is 0.465 e. The van der Waals surface area contributed by atoms with E-state index in [9.17, 15) is 4.79 Å². The predicted molar refractivity (Wildman–Crippen MR) is 63.2 cm³/mol. The lowest BCUT2D eigenvalue weighted by Crippen LogP contribution is -2.39. The summed E-state index contributed by atoms with van der Waals surface area (Å²) in [5.41, 5.74) is 7.24. The van der Waals surface area contributed by atoms with Crippen molar-refractivity contribution in [1.29, 1.82) is 0 Å². The van der Waals surface area contributed by atoms with E-state index < -0.39 is 6.09 Å². The lowest BCUT2D eigenvalue weighted by Gasteiger charge is -2.29. The van der Waals surface area contributed by atoms with Crippen LogP contribution in [0.1, 0.15) is 19.0 Å². The second kappa shape index (κ2) is 4.40. The number of nitrogens with zero attached hydrogens (tertiary/aromatic N) is 3. The Balaban J connectivity index is 2.22. The second-order valence-corrected chi connectivity index (χ2v) is 4.00. The topological polar surface area (TPSA) is 92.3 Å². The minimum atomic E-state index is -0.892. The summed E-state index contributed by atoms with van der Waals surface area (Å²) in [4.78, 5) is 12.3. The van der Waals surface area contributed by atoms with Gasteiger partial charge >= 0.3 is 6.09 Å². The highest BCUT2D eigenvalue weighted by Crippen LogP contribution is 2.23. The van der Waals surface area contributed by atoms with E-state index in [2.05, 4.69) is 10.2 Å². The number of nitrogen functional groups attached to an aromatic ring is 1. The molecule has 1 amide bonds. The van der Waals surface area contributed by atoms with Gasteiger partial charge in [0.25, 0.3) is 0 Å². The molecule has 1 aromatic rings. The van der Waals surface area contributed by atoms with Crippen LogP contribution in [0.4, 0.5) is 10.6 Å². The molecule has 0 saturated carbocycles. The lowest BCUT2D eigenvalue weighted by atomic mass is 10.0. The summed E-state index contributed by atoms with van der Waals surface area (Å²) in [7, 11) is 0. The summed E-state index contributed by atoms with van der Waals surface area (Å²) < 4.78 is 0. The van der Waals surface area contributed by atoms with Gasteiger partial charge in [0.05, 0.1) is 11.7 Å². The molecule has 0 fully saturated rings. The molecule has 2 heterocycles. The number of amides is 1. The molecule has 90 valence electrons. The molecule has 2 rings (SSSR count). The van der Waals surface area contributed by atoms with Gasteiger partial charge in [0, 0.05) is 6.54 Å². The quantitative estimate of drug-likeness (QED) is 0.762. The fourth-order valence-electron chi connectivity index (χ4n) is 1.91. The van der Waals surface area contributed by atoms with Crippen LogP contribution in [0.3, 0.4) is 0 Å². The maximum absolute atomic E-state index is 10.9. The third kappa shape index (κ3) is 2.35. The van der Waals surface area contributed by atoms with Crippen molar-refractivity contribution in [2.75, 3.05) is 12.3 Å². The van der Waals surface area contributed by atoms with Gasteiger partial charge in [0.15, 0.2) is 0 Å². The number of rotatable bonds is 1. The van der Waals surface area contributed by atoms with Crippen LogP contribution in [0.5, 0.6) is 0 Å². The van der Waals surface area contributed by atoms with Gasteiger partial charge in [0.1, 0.15) is 5.82 Å². The predicted octanol–water partition coefficient (Wildman–Crippen LogP) is 1.21. The number of hydrogen-bond acceptors (Lipinski definition) is 4. The van der Waals surface area contributed by atoms with Gasteiger partial charge in [-0.15, -0.1) is 10.2 Å². The number of anilines is 1. The van der Waals surface area contributed by atoms with Gasteiger partial charge in [-0.3, -0.25) is 0 Å². The van der Waals surface area contributed by atoms with Crippen LogP contribution >= 0.6 is 0 Å². The van der Waals surface area contributed by atoms with Crippen LogP contribution < -0.4 is 5.73 Å². The first-order valence-electron chi connectivity index (χ1n) is 5.38. The fourth-order valence-corrected chi connectivity index (χ4v) is 1.91. The van der Waals surface area contributed by atoms with Crippen molar-refractivity contribution in [3.05, 3.63) is 23.9 Å². The smallest absolute Gasteiger partial charge is 0.407 e. The first-order valence-corrected chi connectivity index (χ1v) is 5.38. The molecule has 0 spiro atoms. The van der Waals surface area contributed by atoms with E-state index in [1.54, 1.807) is 12.1 Å². The number of carbonyl (C=O) groups is 1. The van der Waals surface area contributed by atoms with Gasteiger partial charge < -0.3 is 15.7 Å². The molecule has 1 aromatic heterocycles. The summed E-state index contributed by atoms with van der Waals surface area (Å²) in [6, 6.07) is 3.35. The average Bonchev–Trinajstić information content (AvgIpc) is 2.29. The highest BCUT2D eigenvalue weighted by Gasteiger charge is 2.23. The number of hydrogen-bond donors (Lipinski definition) is 2. The monoisotopic (exact) mass is 234 g/mol. The van der Waals surface area contributed by atoms with Crippen LogP contribution in [0.15, 0.2) is 18.2 Å². The minimum Gasteiger partial charge on any atom is -0.465 e. The van der Waals surface area contributed by atoms with E-state index in [0.717, 1.165) is 11.3 Å². The summed E-state index contributed by atoms with van der Waals surface area (Å²) >= 11 is 0. The number of nitrogens with two attached hydrogens (primary N) is 1. The molecule has 0 radical (unpaired) electrons. The van der Waals surface area contributed by atoms with Crippen LogP contribution in [-0.2, 0) is 0 Å². The SMILES string of the molecule is C[C@@H]1C=C(c2ccc(N)nn2)CCN1C(=O)O. The van der Waals surface area contributed by atoms with E-state index in [4.69, 9.17) is 10.8 Å². The maximum atomic E-state index is 10.9. The molecule has 0 saturated heterocycles. The average molecular weight is 234 g/mol. The number of carboxylic acid groups (broad SMARTS) is 1. The zero-order valence-corrected chi connectivity index (χ0v) is 9.50. The molecule has 17 heavy (non-hydrogen) atoms. The minimum absolute atomic E-state index is 0.143. The van der Waals surface area contributed by atoms with Crippen molar-refractivity contribution in [2.45, 2.75) is 19.4 Å². The Morgan fingerprint density at radius 3 is 2.82 bits per heavy atom. The molecule has 1 aliphatic rings. The highest BCUT2D eigenvalue weighted by molar-refractivity contribution is 5.70. The van der Waals surface area contributed by atoms with E-state index in [1.807, 2.05) is 13.0 Å². The van der Waals surface area contributed by atoms with Crippen LogP contribution in [0, 0.1) is 0 Å². The van der Waals surface area contributed by atoms with Gasteiger partial charge in [-0.2, -0.15) is 0 Å². The molecule has 3 N–H and O–H groups in total. The third-order valence-corrected chi connectivity index (χ3v) is 2.82. The Morgan fingerprint density at radius 2 is 2.29 bits per heavy atom. The first-order chi connectivity index (χ1) is 8.08. The maximum Gasteiger partial charge on any atom is 0.407 e. The van der Waals surface area contributed by atoms with Crippen LogP contribution in [-0.4, -0.2) is 38.9 Å². The molecular weight excluding hydrogens is 220 g/mol. The molecule has 6 heteroatoms. The van der Waals surface area contributed by atoms with Gasteiger partial charge in [-0.1, -0.05) is 6.08 Å². The van der Waals surface area contributed by atoms with Crippen molar-refractivity contribution in [2.24, 2.45) is 0 Å². The Bertz CT molecular complexity index is 455. The second-order valence-electron chi connectivity index (χ2n) is 4.00. The van der Waals surface area contributed by atoms with Crippen molar-refractivity contribution in [1.82, 2.24) is 15.1 Å². The summed E-state index contributed by atoms with van der Waals surface area (Å²) in [6.07, 6.45) is 1.66. The Kier molecular flexibility index (Phi) is 2.95. The van der Waals surface area contributed by atoms with E-state index >= 15 is 0 Å². The molecular formula is C11H14N4O2. The van der Waals surface area contributed by atoms with Crippen LogP contribution in [0.2, 0.25) is 0 Å². The molecule has 1 atom stereocenters. The van der Waals surface area contributed by atoms with Crippen molar-refractivity contribution in [3.8, 4) is 0 Å². The molecule has 0 aromatic carbocycles. The van der Waals surface area contributed by atoms with Crippen molar-refractivity contribution in [3.63, 3.8) is 0 Å². The van der Waals surface area contributed by atoms with Gasteiger partial charge in [-0.05, 0) is 31.1 Å². The standard InChI is InChI=1S/C11H14N4O2/c1-7-6-8(4-5-15(7)11(16)17)9-2-3-10(12)14-13-9/h2-3,6-7H,4-5H2,1H3,(H2,12,14)(H,16,17)/t7-/m1/s1. The fraction of sp³-hybridized carbons (Fsp3) is 0.364. The third-order valence-electron chi connectivity index (χ3n) is 2.82. The van der Waals surface area contributed by atoms with Crippen LogP contribution in [0.25, 0.3) is 5.57 Å². The molecule has 0 aliphatic carbocycles. The highest BCUT2D eigenvalue weighted by atomic mass is 16.4. The van der Waals surface area contributed by atoms with E-state index in [-0.39, 0.29) is 6.04 Å². The van der Waals surface area contributed by atoms with Crippen molar-refractivity contribution >= 4 is 17.5 Å². The molecule has 6 nitrogen and oxygen atoms in total. The Morgan fingerprint density at radius 1 is 1.53 bits per heavy atom. The Labute approximate surface area is 98.8 Å². The summed E-state index contributed by atoms with van der Waals surface area (Å²) in [5.74, 6) is 0.380. The van der Waals surface area contributed by atoms with Gasteiger partial charge in [-0.25, -0.2) is 4.79 Å². The summed E-state index contributed by atoms with van der Waals surface area (Å²) in [5, 5.41) is 16.7. The number of aromatic nitrogens is 2. The lowest BCUT2D eigenvalue weighted by molar-refractivity contribution is 0.136. The molecule has 0 bridgehead atoms. The Hall–Kier alpha value is -2.11. The normalized spacial score (nSPS) is 19.9. The van der Waals surface area contributed by atoms with Gasteiger partial charge in [0.2, 0.25) is 0 Å². The van der Waals surface area contributed by atoms with E-state index in [0.29, 0.717) is 18.8 Å². The zero-order chi connectivity index (χ0) is 12.4. The summed E-state index contributed by atoms with van der Waals surface area (Å²) in [6.45, 7) is 2.33. The van der Waals surface area contributed by atoms with E-state index in [1.165, 1.54) is 4.90 Å². The first kappa shape index (κ1) is 11.4. The zero-order valence-electron chi connectivity index (χ0n) is 9.50. The molecule has 1 aliphatic heterocycles. The molecule has 0 unspecified atom stereocenters. The van der Waals surface area contributed by atoms with Crippen molar-refractivity contribution < 1.29 is 9.90 Å².